The van der Waals surface area contributed by atoms with Gasteiger partial charge in [-0.05, 0) is 21.8 Å². The molecule has 0 unspecified atom stereocenters. The normalized spacial score (nSPS) is 12.5. The van der Waals surface area contributed by atoms with Crippen LogP contribution in [0.25, 0.3) is 5.53 Å². The van der Waals surface area contributed by atoms with Crippen LogP contribution in [0.1, 0.15) is 40.5 Å². The molecule has 31 heavy (non-hydrogen) atoms. The third-order valence-electron chi connectivity index (χ3n) is 5.37. The monoisotopic (exact) mass is 438 g/mol. The minimum Gasteiger partial charge on any atom is -0.460 e. The van der Waals surface area contributed by atoms with Gasteiger partial charge in [0.2, 0.25) is 0 Å². The summed E-state index contributed by atoms with van der Waals surface area (Å²) in [5.41, 5.74) is 8.52. The highest BCUT2D eigenvalue weighted by atomic mass is 28.4. The van der Waals surface area contributed by atoms with Crippen LogP contribution in [0.4, 0.5) is 0 Å². The predicted octanol–water partition coefficient (Wildman–Crippen LogP) is 3.14. The zero-order valence-electron chi connectivity index (χ0n) is 18.8. The molecule has 164 valence electrons. The molecular formula is C24H30N2O4Si. The Morgan fingerprint density at radius 3 is 1.84 bits per heavy atom. The predicted molar refractivity (Wildman–Crippen MR) is 123 cm³/mol. The first-order chi connectivity index (χ1) is 14.7. The lowest BCUT2D eigenvalue weighted by molar-refractivity contribution is -0.139. The van der Waals surface area contributed by atoms with E-state index >= 15 is 0 Å². The Labute approximate surface area is 185 Å². The summed E-state index contributed by atoms with van der Waals surface area (Å²) in [7, 11) is -1.72. The summed E-state index contributed by atoms with van der Waals surface area (Å²) in [6.45, 7) is 8.40. The lowest BCUT2D eigenvalue weighted by Crippen LogP contribution is -2.67. The highest BCUT2D eigenvalue weighted by molar-refractivity contribution is 6.99. The highest BCUT2D eigenvalue weighted by Crippen LogP contribution is 2.38. The van der Waals surface area contributed by atoms with Crippen LogP contribution in [0, 0.1) is 0 Å². The van der Waals surface area contributed by atoms with Gasteiger partial charge in [0.05, 0.1) is 13.2 Å². The van der Waals surface area contributed by atoms with Crippen molar-refractivity contribution in [3.63, 3.8) is 0 Å². The van der Waals surface area contributed by atoms with Crippen molar-refractivity contribution in [1.82, 2.24) is 0 Å². The molecule has 0 spiro atoms. The fourth-order valence-corrected chi connectivity index (χ4v) is 8.59. The van der Waals surface area contributed by atoms with Crippen molar-refractivity contribution < 1.29 is 23.5 Å². The van der Waals surface area contributed by atoms with Crippen LogP contribution in [0.3, 0.4) is 0 Å². The van der Waals surface area contributed by atoms with Crippen LogP contribution in [0.2, 0.25) is 5.04 Å². The molecule has 2 aromatic carbocycles. The van der Waals surface area contributed by atoms with Gasteiger partial charge in [-0.25, -0.2) is 4.79 Å². The molecule has 6 nitrogen and oxygen atoms in total. The van der Waals surface area contributed by atoms with E-state index in [2.05, 4.69) is 54.6 Å². The highest BCUT2D eigenvalue weighted by Gasteiger charge is 2.51. The van der Waals surface area contributed by atoms with Crippen molar-refractivity contribution in [2.45, 2.75) is 51.7 Å². The van der Waals surface area contributed by atoms with Gasteiger partial charge in [-0.15, -0.1) is 0 Å². The summed E-state index contributed by atoms with van der Waals surface area (Å²) < 4.78 is 11.5. The Morgan fingerprint density at radius 1 is 1.00 bits per heavy atom. The number of ketones is 1. The third kappa shape index (κ3) is 5.25. The van der Waals surface area contributed by atoms with Gasteiger partial charge in [-0.2, -0.15) is 4.79 Å². The Balaban J connectivity index is 2.56. The van der Waals surface area contributed by atoms with Crippen molar-refractivity contribution >= 4 is 36.2 Å². The molecule has 7 heteroatoms. The molecule has 0 aromatic heterocycles. The van der Waals surface area contributed by atoms with Crippen molar-refractivity contribution in [1.29, 1.82) is 0 Å². The van der Waals surface area contributed by atoms with E-state index in [1.54, 1.807) is 0 Å². The van der Waals surface area contributed by atoms with E-state index in [0.717, 1.165) is 17.5 Å². The van der Waals surface area contributed by atoms with E-state index in [0.29, 0.717) is 6.42 Å². The van der Waals surface area contributed by atoms with Gasteiger partial charge < -0.3 is 14.7 Å². The number of benzene rings is 2. The van der Waals surface area contributed by atoms with Gasteiger partial charge in [0.15, 0.2) is 0 Å². The molecule has 0 saturated heterocycles. The maximum absolute atomic E-state index is 12.7. The van der Waals surface area contributed by atoms with Crippen molar-refractivity contribution in [3.8, 4) is 0 Å². The minimum absolute atomic E-state index is 0.0878. The number of carbonyl (C=O) groups is 2. The number of methoxy groups -OCH3 is 1. The number of esters is 1. The molecule has 0 amide bonds. The molecule has 0 saturated carbocycles. The second kappa shape index (κ2) is 10.4. The Morgan fingerprint density at radius 2 is 1.48 bits per heavy atom. The zero-order valence-corrected chi connectivity index (χ0v) is 19.8. The van der Waals surface area contributed by atoms with Crippen LogP contribution in [-0.2, 0) is 18.8 Å². The third-order valence-corrected chi connectivity index (χ3v) is 10.5. The summed E-state index contributed by atoms with van der Waals surface area (Å²) in [5, 5.41) is 1.95. The summed E-state index contributed by atoms with van der Waals surface area (Å²) in [6.07, 6.45) is -0.00813. The molecular weight excluding hydrogens is 408 g/mol. The molecule has 0 bridgehead atoms. The van der Waals surface area contributed by atoms with E-state index in [1.165, 1.54) is 0 Å². The van der Waals surface area contributed by atoms with Crippen LogP contribution in [0.5, 0.6) is 0 Å². The first kappa shape index (κ1) is 24.4. The van der Waals surface area contributed by atoms with E-state index < -0.39 is 31.9 Å². The summed E-state index contributed by atoms with van der Waals surface area (Å²) in [5.74, 6) is -1.58. The van der Waals surface area contributed by atoms with Crippen LogP contribution < -0.4 is 10.4 Å². The molecule has 0 N–H and O–H groups in total. The first-order valence-electron chi connectivity index (χ1n) is 10.3. The molecule has 0 heterocycles. The van der Waals surface area contributed by atoms with Gasteiger partial charge >= 0.3 is 11.7 Å². The Bertz CT molecular complexity index is 909. The van der Waals surface area contributed by atoms with Crippen LogP contribution in [-0.4, -0.2) is 43.8 Å². The van der Waals surface area contributed by atoms with E-state index in [-0.39, 0.29) is 11.5 Å². The Hall–Kier alpha value is -2.86. The van der Waals surface area contributed by atoms with Gasteiger partial charge in [-0.3, -0.25) is 4.79 Å². The minimum atomic E-state index is -2.85. The molecule has 2 rings (SSSR count). The number of ether oxygens (including phenoxy) is 1. The van der Waals surface area contributed by atoms with E-state index in [9.17, 15) is 9.59 Å². The van der Waals surface area contributed by atoms with E-state index in [4.69, 9.17) is 9.96 Å². The number of Topliss-reactive ketones (excluding diaryl/α,β-unsaturated/α-hetero) is 1. The quantitative estimate of drug-likeness (QED) is 0.150. The van der Waals surface area contributed by atoms with Crippen molar-refractivity contribution in [2.75, 3.05) is 7.11 Å². The molecule has 2 aromatic rings. The van der Waals surface area contributed by atoms with Crippen molar-refractivity contribution in [3.05, 3.63) is 66.2 Å². The summed E-state index contributed by atoms with van der Waals surface area (Å²) in [6, 6.07) is 20.2. The molecule has 0 fully saturated rings. The number of carbonyl (C=O) groups excluding carboxylic acids is 2. The maximum Gasteiger partial charge on any atom is 0.441 e. The average Bonchev–Trinajstić information content (AvgIpc) is 2.77. The first-order valence-corrected chi connectivity index (χ1v) is 12.2. The standard InChI is InChI=1S/C24H30N2O4Si/c1-6-18(17-21(27)22(26-25)23(28)29-5)30-31(24(2,3)4,19-13-9-7-10-14-19)20-15-11-8-12-16-20/h7-16,18H,6,17H2,1-5H3/t18-/m1/s1. The second-order valence-electron chi connectivity index (χ2n) is 8.38. The maximum atomic E-state index is 12.7. The second-order valence-corrected chi connectivity index (χ2v) is 12.6. The molecule has 0 aliphatic carbocycles. The Kier molecular flexibility index (Phi) is 8.22. The van der Waals surface area contributed by atoms with E-state index in [1.807, 2.05) is 43.3 Å². The van der Waals surface area contributed by atoms with Gasteiger partial charge in [0.25, 0.3) is 14.1 Å². The lowest BCUT2D eigenvalue weighted by atomic mass is 10.1. The molecule has 0 aliphatic rings. The number of hydrogen-bond acceptors (Lipinski definition) is 4. The summed E-state index contributed by atoms with van der Waals surface area (Å²) >= 11 is 0. The zero-order chi connectivity index (χ0) is 23.1. The lowest BCUT2D eigenvalue weighted by Gasteiger charge is -2.45. The smallest absolute Gasteiger partial charge is 0.441 e. The molecule has 1 atom stereocenters. The fraction of sp³-hybridized carbons (Fsp3) is 0.375. The van der Waals surface area contributed by atoms with Crippen molar-refractivity contribution in [2.24, 2.45) is 0 Å². The number of nitrogens with zero attached hydrogens (tertiary/aromatic N) is 2. The topological polar surface area (TPSA) is 89.0 Å². The number of rotatable bonds is 9. The van der Waals surface area contributed by atoms with Crippen LogP contribution >= 0.6 is 0 Å². The fourth-order valence-electron chi connectivity index (χ4n) is 3.82. The van der Waals surface area contributed by atoms with Gasteiger partial charge in [0.1, 0.15) is 0 Å². The van der Waals surface area contributed by atoms with Gasteiger partial charge in [-0.1, -0.05) is 88.4 Å². The SMILES string of the molecule is CC[C@H](CC(=O)C(=[N+]=[N-])C(=O)OC)O[Si](c1ccccc1)(c1ccccc1)C(C)(C)C. The van der Waals surface area contributed by atoms with Crippen LogP contribution in [0.15, 0.2) is 60.7 Å². The number of hydrogen-bond donors (Lipinski definition) is 0. The molecule has 0 aliphatic heterocycles. The van der Waals surface area contributed by atoms with Gasteiger partial charge in [0, 0.05) is 6.42 Å². The summed E-state index contributed by atoms with van der Waals surface area (Å²) in [4.78, 5) is 27.3. The largest absolute Gasteiger partial charge is 0.460 e. The average molecular weight is 439 g/mol. The molecule has 0 radical (unpaired) electrons.